The molecule has 128 valence electrons. The molecule has 1 aliphatic rings. The van der Waals surface area contributed by atoms with Crippen LogP contribution in [-0.4, -0.2) is 43.3 Å². The standard InChI is InChI=1S/C19H21NO3.ClH/c21-19(17-9-5-2-6-10-17)23-15-18-14-20(11-12-22-18)13-16-7-3-1-4-8-16;/h1-10,18H,11-15H2;1H/t18-;/m1./s1. The van der Waals surface area contributed by atoms with Crippen LogP contribution in [-0.2, 0) is 16.0 Å². The Morgan fingerprint density at radius 2 is 1.75 bits per heavy atom. The number of hydrogen-bond donors (Lipinski definition) is 0. The lowest BCUT2D eigenvalue weighted by Gasteiger charge is -2.32. The van der Waals surface area contributed by atoms with Crippen molar-refractivity contribution in [2.45, 2.75) is 12.6 Å². The molecule has 4 nitrogen and oxygen atoms in total. The van der Waals surface area contributed by atoms with Crippen molar-refractivity contribution in [3.05, 3.63) is 71.8 Å². The Morgan fingerprint density at radius 3 is 2.46 bits per heavy atom. The summed E-state index contributed by atoms with van der Waals surface area (Å²) in [6, 6.07) is 19.4. The minimum absolute atomic E-state index is 0. The second-order valence-corrected chi connectivity index (χ2v) is 5.68. The molecule has 5 heteroatoms. The molecule has 0 aromatic heterocycles. The Hall–Kier alpha value is -1.88. The van der Waals surface area contributed by atoms with Gasteiger partial charge in [-0.05, 0) is 17.7 Å². The molecule has 1 atom stereocenters. The first-order valence-corrected chi connectivity index (χ1v) is 7.91. The molecule has 0 aliphatic carbocycles. The van der Waals surface area contributed by atoms with Gasteiger partial charge in [0.15, 0.2) is 0 Å². The van der Waals surface area contributed by atoms with Gasteiger partial charge in [-0.1, -0.05) is 48.5 Å². The van der Waals surface area contributed by atoms with Crippen molar-refractivity contribution in [3.8, 4) is 0 Å². The van der Waals surface area contributed by atoms with Gasteiger partial charge >= 0.3 is 5.97 Å². The van der Waals surface area contributed by atoms with Crippen LogP contribution >= 0.6 is 12.4 Å². The van der Waals surface area contributed by atoms with E-state index in [1.54, 1.807) is 12.1 Å². The molecule has 1 fully saturated rings. The fourth-order valence-electron chi connectivity index (χ4n) is 2.69. The van der Waals surface area contributed by atoms with Gasteiger partial charge in [-0.15, -0.1) is 12.4 Å². The lowest BCUT2D eigenvalue weighted by Crippen LogP contribution is -2.44. The van der Waals surface area contributed by atoms with Crippen molar-refractivity contribution in [1.29, 1.82) is 0 Å². The predicted octanol–water partition coefficient (Wildman–Crippen LogP) is 3.17. The van der Waals surface area contributed by atoms with E-state index in [4.69, 9.17) is 9.47 Å². The van der Waals surface area contributed by atoms with Gasteiger partial charge in [-0.25, -0.2) is 4.79 Å². The third-order valence-corrected chi connectivity index (χ3v) is 3.88. The van der Waals surface area contributed by atoms with Crippen LogP contribution in [0.1, 0.15) is 15.9 Å². The van der Waals surface area contributed by atoms with Gasteiger partial charge in [-0.2, -0.15) is 0 Å². The van der Waals surface area contributed by atoms with Crippen LogP contribution in [0.3, 0.4) is 0 Å². The topological polar surface area (TPSA) is 38.8 Å². The van der Waals surface area contributed by atoms with Gasteiger partial charge in [0.1, 0.15) is 12.7 Å². The summed E-state index contributed by atoms with van der Waals surface area (Å²) in [5.41, 5.74) is 1.86. The zero-order valence-electron chi connectivity index (χ0n) is 13.5. The largest absolute Gasteiger partial charge is 0.459 e. The van der Waals surface area contributed by atoms with E-state index in [0.717, 1.165) is 19.6 Å². The molecule has 3 rings (SSSR count). The smallest absolute Gasteiger partial charge is 0.338 e. The number of esters is 1. The van der Waals surface area contributed by atoms with E-state index < -0.39 is 0 Å². The van der Waals surface area contributed by atoms with Gasteiger partial charge in [0.25, 0.3) is 0 Å². The summed E-state index contributed by atoms with van der Waals surface area (Å²) in [7, 11) is 0. The number of ether oxygens (including phenoxy) is 2. The molecular formula is C19H22ClNO3. The van der Waals surface area contributed by atoms with Crippen molar-refractivity contribution in [2.24, 2.45) is 0 Å². The molecule has 0 spiro atoms. The molecule has 1 aliphatic heterocycles. The zero-order chi connectivity index (χ0) is 15.9. The summed E-state index contributed by atoms with van der Waals surface area (Å²) < 4.78 is 11.1. The van der Waals surface area contributed by atoms with E-state index in [-0.39, 0.29) is 24.5 Å². The van der Waals surface area contributed by atoms with Crippen molar-refractivity contribution in [2.75, 3.05) is 26.3 Å². The lowest BCUT2D eigenvalue weighted by atomic mass is 10.2. The first kappa shape index (κ1) is 18.5. The summed E-state index contributed by atoms with van der Waals surface area (Å²) in [5.74, 6) is -0.297. The SMILES string of the molecule is Cl.O=C(OC[C@H]1CN(Cc2ccccc2)CCO1)c1ccccc1. The minimum Gasteiger partial charge on any atom is -0.459 e. The van der Waals surface area contributed by atoms with E-state index in [1.165, 1.54) is 5.56 Å². The monoisotopic (exact) mass is 347 g/mol. The van der Waals surface area contributed by atoms with Crippen LogP contribution in [0.15, 0.2) is 60.7 Å². The number of hydrogen-bond acceptors (Lipinski definition) is 4. The highest BCUT2D eigenvalue weighted by Gasteiger charge is 2.22. The Morgan fingerprint density at radius 1 is 1.08 bits per heavy atom. The number of carbonyl (C=O) groups is 1. The Labute approximate surface area is 148 Å². The highest BCUT2D eigenvalue weighted by Crippen LogP contribution is 2.11. The van der Waals surface area contributed by atoms with Crippen LogP contribution in [0, 0.1) is 0 Å². The van der Waals surface area contributed by atoms with Crippen molar-refractivity contribution in [1.82, 2.24) is 4.90 Å². The molecule has 0 unspecified atom stereocenters. The maximum absolute atomic E-state index is 12.0. The average molecular weight is 348 g/mol. The normalized spacial score (nSPS) is 17.8. The predicted molar refractivity (Wildman–Crippen MR) is 95.4 cm³/mol. The molecule has 0 radical (unpaired) electrons. The molecule has 0 N–H and O–H groups in total. The molecule has 2 aromatic carbocycles. The Balaban J connectivity index is 0.00000208. The van der Waals surface area contributed by atoms with E-state index in [9.17, 15) is 4.79 Å². The summed E-state index contributed by atoms with van der Waals surface area (Å²) in [6.07, 6.45) is -0.0693. The molecule has 1 heterocycles. The van der Waals surface area contributed by atoms with Crippen LogP contribution < -0.4 is 0 Å². The highest BCUT2D eigenvalue weighted by molar-refractivity contribution is 5.89. The summed E-state index contributed by atoms with van der Waals surface area (Å²) >= 11 is 0. The number of benzene rings is 2. The molecule has 2 aromatic rings. The van der Waals surface area contributed by atoms with E-state index in [1.807, 2.05) is 24.3 Å². The first-order valence-electron chi connectivity index (χ1n) is 7.91. The lowest BCUT2D eigenvalue weighted by molar-refractivity contribution is -0.0612. The van der Waals surface area contributed by atoms with Gasteiger partial charge < -0.3 is 9.47 Å². The van der Waals surface area contributed by atoms with Gasteiger partial charge in [-0.3, -0.25) is 4.90 Å². The third-order valence-electron chi connectivity index (χ3n) is 3.88. The second kappa shape index (κ2) is 9.42. The van der Waals surface area contributed by atoms with Gasteiger partial charge in [0, 0.05) is 19.6 Å². The highest BCUT2D eigenvalue weighted by atomic mass is 35.5. The minimum atomic E-state index is -0.297. The molecule has 0 saturated carbocycles. The summed E-state index contributed by atoms with van der Waals surface area (Å²) in [6.45, 7) is 3.53. The Bertz CT molecular complexity index is 621. The molecule has 1 saturated heterocycles. The number of carbonyl (C=O) groups excluding carboxylic acids is 1. The number of halogens is 1. The second-order valence-electron chi connectivity index (χ2n) is 5.68. The number of nitrogens with zero attached hydrogens (tertiary/aromatic N) is 1. The van der Waals surface area contributed by atoms with Crippen LogP contribution in [0.25, 0.3) is 0 Å². The molecule has 0 bridgehead atoms. The van der Waals surface area contributed by atoms with Gasteiger partial charge in [0.2, 0.25) is 0 Å². The van der Waals surface area contributed by atoms with Crippen molar-refractivity contribution < 1.29 is 14.3 Å². The number of rotatable bonds is 5. The average Bonchev–Trinajstić information content (AvgIpc) is 2.62. The molecule has 0 amide bonds. The Kier molecular flexibility index (Phi) is 7.25. The fourth-order valence-corrected chi connectivity index (χ4v) is 2.69. The van der Waals surface area contributed by atoms with Crippen LogP contribution in [0.5, 0.6) is 0 Å². The quantitative estimate of drug-likeness (QED) is 0.779. The molecule has 24 heavy (non-hydrogen) atoms. The van der Waals surface area contributed by atoms with Crippen molar-refractivity contribution in [3.63, 3.8) is 0 Å². The van der Waals surface area contributed by atoms with E-state index in [0.29, 0.717) is 18.8 Å². The van der Waals surface area contributed by atoms with Crippen LogP contribution in [0.4, 0.5) is 0 Å². The van der Waals surface area contributed by atoms with Crippen LogP contribution in [0.2, 0.25) is 0 Å². The van der Waals surface area contributed by atoms with Crippen molar-refractivity contribution >= 4 is 18.4 Å². The maximum Gasteiger partial charge on any atom is 0.338 e. The maximum atomic E-state index is 12.0. The fraction of sp³-hybridized carbons (Fsp3) is 0.316. The number of morpholine rings is 1. The third kappa shape index (κ3) is 5.34. The van der Waals surface area contributed by atoms with E-state index in [2.05, 4.69) is 29.2 Å². The van der Waals surface area contributed by atoms with Gasteiger partial charge in [0.05, 0.1) is 12.2 Å². The summed E-state index contributed by atoms with van der Waals surface area (Å²) in [4.78, 5) is 14.3. The zero-order valence-corrected chi connectivity index (χ0v) is 14.3. The molecular weight excluding hydrogens is 326 g/mol. The first-order chi connectivity index (χ1) is 11.3. The summed E-state index contributed by atoms with van der Waals surface area (Å²) in [5, 5.41) is 0. The van der Waals surface area contributed by atoms with E-state index >= 15 is 0 Å².